The molecule has 0 heterocycles. The van der Waals surface area contributed by atoms with Crippen LogP contribution in [-0.2, 0) is 14.6 Å². The molecule has 1 aliphatic carbocycles. The van der Waals surface area contributed by atoms with Crippen LogP contribution in [0.2, 0.25) is 5.02 Å². The number of hydrogen-bond acceptors (Lipinski definition) is 4. The summed E-state index contributed by atoms with van der Waals surface area (Å²) in [6.45, 7) is 2.30. The van der Waals surface area contributed by atoms with Gasteiger partial charge in [-0.3, -0.25) is 0 Å². The van der Waals surface area contributed by atoms with E-state index in [-0.39, 0.29) is 18.2 Å². The minimum Gasteiger partial charge on any atom is -0.384 e. The maximum Gasteiger partial charge on any atom is 0.154 e. The summed E-state index contributed by atoms with van der Waals surface area (Å²) in [5.74, 6) is 0.00223. The summed E-state index contributed by atoms with van der Waals surface area (Å²) in [6.07, 6.45) is 0. The number of hydrogen-bond donors (Lipinski definition) is 1. The van der Waals surface area contributed by atoms with Gasteiger partial charge in [0, 0.05) is 35.8 Å². The van der Waals surface area contributed by atoms with Crippen LogP contribution in [0.15, 0.2) is 24.3 Å². The quantitative estimate of drug-likeness (QED) is 0.869. The van der Waals surface area contributed by atoms with E-state index < -0.39 is 20.5 Å². The first-order valence-corrected chi connectivity index (χ1v) is 8.68. The van der Waals surface area contributed by atoms with Crippen LogP contribution in [0.25, 0.3) is 0 Å². The highest BCUT2D eigenvalue weighted by Crippen LogP contribution is 2.62. The van der Waals surface area contributed by atoms with Gasteiger partial charge < -0.3 is 10.5 Å². The zero-order valence-electron chi connectivity index (χ0n) is 11.7. The zero-order chi connectivity index (χ0) is 15.0. The van der Waals surface area contributed by atoms with Crippen molar-refractivity contribution in [2.45, 2.75) is 18.1 Å². The third kappa shape index (κ3) is 2.48. The highest BCUT2D eigenvalue weighted by atomic mass is 35.5. The normalized spacial score (nSPS) is 29.4. The van der Waals surface area contributed by atoms with Crippen LogP contribution in [0.3, 0.4) is 0 Å². The average Bonchev–Trinajstić information content (AvgIpc) is 3.10. The van der Waals surface area contributed by atoms with Crippen LogP contribution in [-0.4, -0.2) is 39.7 Å². The van der Waals surface area contributed by atoms with Gasteiger partial charge in [0.05, 0.1) is 11.9 Å². The first-order valence-electron chi connectivity index (χ1n) is 6.59. The zero-order valence-corrected chi connectivity index (χ0v) is 13.2. The van der Waals surface area contributed by atoms with E-state index in [1.54, 1.807) is 26.2 Å². The predicted molar refractivity (Wildman–Crippen MR) is 80.8 cm³/mol. The molecular formula is C14H20ClNO3S. The molecule has 0 radical (unpaired) electrons. The van der Waals surface area contributed by atoms with Gasteiger partial charge in [-0.15, -0.1) is 0 Å². The van der Waals surface area contributed by atoms with E-state index in [9.17, 15) is 8.42 Å². The lowest BCUT2D eigenvalue weighted by molar-refractivity contribution is 0.142. The van der Waals surface area contributed by atoms with Gasteiger partial charge >= 0.3 is 0 Å². The Morgan fingerprint density at radius 3 is 2.40 bits per heavy atom. The van der Waals surface area contributed by atoms with Gasteiger partial charge in [0.1, 0.15) is 0 Å². The summed E-state index contributed by atoms with van der Waals surface area (Å²) in [6, 6.07) is 7.30. The molecule has 3 atom stereocenters. The first-order chi connectivity index (χ1) is 9.43. The molecule has 1 saturated carbocycles. The number of methoxy groups -OCH3 is 1. The summed E-state index contributed by atoms with van der Waals surface area (Å²) in [4.78, 5) is 0. The molecule has 4 nitrogen and oxygen atoms in total. The van der Waals surface area contributed by atoms with Gasteiger partial charge in [0.25, 0.3) is 0 Å². The molecule has 0 amide bonds. The second-order valence-electron chi connectivity index (χ2n) is 5.27. The van der Waals surface area contributed by atoms with E-state index >= 15 is 0 Å². The number of rotatable bonds is 6. The summed E-state index contributed by atoms with van der Waals surface area (Å²) in [5.41, 5.74) is 6.32. The maximum absolute atomic E-state index is 12.3. The van der Waals surface area contributed by atoms with Crippen molar-refractivity contribution < 1.29 is 13.2 Å². The molecule has 0 spiro atoms. The maximum atomic E-state index is 12.3. The Morgan fingerprint density at radius 2 is 1.95 bits per heavy atom. The Balaban J connectivity index is 2.42. The fraction of sp³-hybridized carbons (Fsp3) is 0.571. The summed E-state index contributed by atoms with van der Waals surface area (Å²) < 4.78 is 29.9. The van der Waals surface area contributed by atoms with Crippen molar-refractivity contribution in [2.75, 3.05) is 26.0 Å². The number of benzene rings is 1. The molecule has 2 N–H and O–H groups in total. The lowest BCUT2D eigenvalue weighted by atomic mass is 10.0. The van der Waals surface area contributed by atoms with Gasteiger partial charge in [-0.1, -0.05) is 30.7 Å². The highest BCUT2D eigenvalue weighted by molar-refractivity contribution is 7.92. The average molecular weight is 318 g/mol. The minimum absolute atomic E-state index is 0.116. The topological polar surface area (TPSA) is 69.4 Å². The van der Waals surface area contributed by atoms with Crippen molar-refractivity contribution in [2.24, 2.45) is 11.1 Å². The molecule has 0 aromatic heterocycles. The van der Waals surface area contributed by atoms with E-state index in [1.165, 1.54) is 0 Å². The van der Waals surface area contributed by atoms with E-state index in [2.05, 4.69) is 0 Å². The Kier molecular flexibility index (Phi) is 4.44. The smallest absolute Gasteiger partial charge is 0.154 e. The van der Waals surface area contributed by atoms with Gasteiger partial charge in [-0.2, -0.15) is 0 Å². The minimum atomic E-state index is -3.17. The molecule has 3 unspecified atom stereocenters. The van der Waals surface area contributed by atoms with Crippen molar-refractivity contribution in [3.8, 4) is 0 Å². The van der Waals surface area contributed by atoms with Crippen molar-refractivity contribution in [1.82, 2.24) is 0 Å². The molecule has 1 aromatic carbocycles. The molecule has 2 rings (SSSR count). The molecule has 0 saturated heterocycles. The molecule has 112 valence electrons. The predicted octanol–water partition coefficient (Wildman–Crippen LogP) is 1.83. The summed E-state index contributed by atoms with van der Waals surface area (Å²) >= 11 is 5.89. The van der Waals surface area contributed by atoms with Crippen LogP contribution in [0.5, 0.6) is 0 Å². The van der Waals surface area contributed by atoms with E-state index in [1.807, 2.05) is 12.1 Å². The lowest BCUT2D eigenvalue weighted by Crippen LogP contribution is -2.28. The fourth-order valence-electron chi connectivity index (χ4n) is 3.12. The number of ether oxygens (including phenoxy) is 1. The Labute approximate surface area is 125 Å². The van der Waals surface area contributed by atoms with E-state index in [0.29, 0.717) is 11.6 Å². The number of nitrogens with two attached hydrogens (primary N) is 1. The lowest BCUT2D eigenvalue weighted by Gasteiger charge is -2.14. The molecule has 0 aliphatic heterocycles. The molecule has 20 heavy (non-hydrogen) atoms. The molecule has 1 fully saturated rings. The van der Waals surface area contributed by atoms with Crippen LogP contribution in [0, 0.1) is 5.41 Å². The van der Waals surface area contributed by atoms with Crippen molar-refractivity contribution in [3.05, 3.63) is 34.9 Å². The van der Waals surface area contributed by atoms with Crippen LogP contribution >= 0.6 is 11.6 Å². The van der Waals surface area contributed by atoms with Gasteiger partial charge in [-0.05, 0) is 17.7 Å². The second-order valence-corrected chi connectivity index (χ2v) is 8.12. The Bertz CT molecular complexity index is 573. The van der Waals surface area contributed by atoms with Crippen LogP contribution in [0.1, 0.15) is 18.4 Å². The standard InChI is InChI=1S/C14H20ClNO3S/c1-3-20(17,18)13-12(14(13,8-16)9-19-2)10-4-6-11(15)7-5-10/h4-7,12-13H,3,8-9,16H2,1-2H3. The fourth-order valence-corrected chi connectivity index (χ4v) is 5.39. The monoisotopic (exact) mass is 317 g/mol. The van der Waals surface area contributed by atoms with Crippen molar-refractivity contribution >= 4 is 21.4 Å². The highest BCUT2D eigenvalue weighted by Gasteiger charge is 2.69. The third-order valence-corrected chi connectivity index (χ3v) is 6.76. The van der Waals surface area contributed by atoms with E-state index in [4.69, 9.17) is 22.1 Å². The van der Waals surface area contributed by atoms with Crippen molar-refractivity contribution in [3.63, 3.8) is 0 Å². The third-order valence-electron chi connectivity index (χ3n) is 4.19. The molecular weight excluding hydrogens is 298 g/mol. The number of halogens is 1. The van der Waals surface area contributed by atoms with Gasteiger partial charge in [0.15, 0.2) is 9.84 Å². The Morgan fingerprint density at radius 1 is 1.35 bits per heavy atom. The van der Waals surface area contributed by atoms with Crippen LogP contribution in [0.4, 0.5) is 0 Å². The number of sulfone groups is 1. The van der Waals surface area contributed by atoms with Gasteiger partial charge in [-0.25, -0.2) is 8.42 Å². The molecule has 6 heteroatoms. The Hall–Kier alpha value is -0.620. The summed E-state index contributed by atoms with van der Waals surface area (Å²) in [7, 11) is -1.59. The SMILES string of the molecule is CCS(=O)(=O)C1C(c2ccc(Cl)cc2)C1(CN)COC. The molecule has 0 bridgehead atoms. The molecule has 1 aromatic rings. The van der Waals surface area contributed by atoms with Crippen molar-refractivity contribution in [1.29, 1.82) is 0 Å². The van der Waals surface area contributed by atoms with Gasteiger partial charge in [0.2, 0.25) is 0 Å². The first kappa shape index (κ1) is 15.8. The second kappa shape index (κ2) is 5.64. The van der Waals surface area contributed by atoms with E-state index in [0.717, 1.165) is 5.56 Å². The molecule has 1 aliphatic rings. The van der Waals surface area contributed by atoms with Crippen LogP contribution < -0.4 is 5.73 Å². The summed E-state index contributed by atoms with van der Waals surface area (Å²) in [5, 5.41) is 0.167. The largest absolute Gasteiger partial charge is 0.384 e.